The van der Waals surface area contributed by atoms with Gasteiger partial charge in [-0.25, -0.2) is 4.39 Å². The Morgan fingerprint density at radius 2 is 2.20 bits per heavy atom. The van der Waals surface area contributed by atoms with Crippen molar-refractivity contribution in [1.82, 2.24) is 0 Å². The smallest absolute Gasteiger partial charge is 0.143 e. The fraction of sp³-hybridized carbons (Fsp3) is 1.00. The highest BCUT2D eigenvalue weighted by atomic mass is 19.1. The van der Waals surface area contributed by atoms with Crippen LogP contribution in [0.1, 0.15) is 20.3 Å². The van der Waals surface area contributed by atoms with Crippen molar-refractivity contribution in [2.45, 2.75) is 25.9 Å². The lowest BCUT2D eigenvalue weighted by Gasteiger charge is -2.17. The number of hydrogen-bond acceptors (Lipinski definition) is 2. The van der Waals surface area contributed by atoms with Crippen LogP contribution < -0.4 is 5.73 Å². The molecule has 2 N–H and O–H groups in total. The predicted octanol–water partition coefficient (Wildman–Crippen LogP) is 1.10. The Labute approximate surface area is 61.5 Å². The van der Waals surface area contributed by atoms with E-state index in [1.807, 2.05) is 6.92 Å². The first-order valence-electron chi connectivity index (χ1n) is 3.59. The Morgan fingerprint density at radius 1 is 1.60 bits per heavy atom. The minimum Gasteiger partial charge on any atom is -0.378 e. The molecule has 0 fully saturated rings. The second kappa shape index (κ2) is 4.63. The lowest BCUT2D eigenvalue weighted by Crippen LogP contribution is -2.34. The van der Waals surface area contributed by atoms with Crippen molar-refractivity contribution < 1.29 is 9.13 Å². The van der Waals surface area contributed by atoms with E-state index in [2.05, 4.69) is 0 Å². The number of hydrogen-bond donors (Lipinski definition) is 1. The fourth-order valence-electron chi connectivity index (χ4n) is 0.488. The molecule has 3 heteroatoms. The number of halogens is 1. The summed E-state index contributed by atoms with van der Waals surface area (Å²) in [6.45, 7) is 4.17. The van der Waals surface area contributed by atoms with Gasteiger partial charge in [-0.15, -0.1) is 0 Å². The number of ether oxygens (including phenoxy) is 1. The zero-order valence-corrected chi connectivity index (χ0v) is 6.69. The van der Waals surface area contributed by atoms with Crippen molar-refractivity contribution in [1.29, 1.82) is 0 Å². The van der Waals surface area contributed by atoms with E-state index in [4.69, 9.17) is 10.5 Å². The summed E-state index contributed by atoms with van der Waals surface area (Å²) in [5.41, 5.74) is 3.78. The number of nitrogens with two attached hydrogens (primary N) is 1. The van der Waals surface area contributed by atoms with Crippen molar-refractivity contribution in [3.05, 3.63) is 0 Å². The second-order valence-electron chi connectivity index (χ2n) is 2.67. The first-order chi connectivity index (χ1) is 4.62. The van der Waals surface area contributed by atoms with Crippen LogP contribution in [-0.4, -0.2) is 25.4 Å². The van der Waals surface area contributed by atoms with Gasteiger partial charge in [0.25, 0.3) is 0 Å². The van der Waals surface area contributed by atoms with Crippen LogP contribution >= 0.6 is 0 Å². The van der Waals surface area contributed by atoms with Gasteiger partial charge < -0.3 is 10.5 Å². The van der Waals surface area contributed by atoms with Crippen LogP contribution in [0.25, 0.3) is 0 Å². The molecular weight excluding hydrogens is 133 g/mol. The molecule has 0 amide bonds. The van der Waals surface area contributed by atoms with Crippen LogP contribution in [0.5, 0.6) is 0 Å². The molecule has 62 valence electrons. The molecule has 0 aromatic carbocycles. The average Bonchev–Trinajstić information content (AvgIpc) is 1.89. The molecule has 0 aliphatic rings. The predicted molar refractivity (Wildman–Crippen MR) is 39.7 cm³/mol. The Balaban J connectivity index is 3.28. The first-order valence-corrected chi connectivity index (χ1v) is 3.59. The molecule has 0 heterocycles. The Hall–Kier alpha value is -0.150. The quantitative estimate of drug-likeness (QED) is 0.594. The molecule has 10 heavy (non-hydrogen) atoms. The van der Waals surface area contributed by atoms with Gasteiger partial charge in [0.2, 0.25) is 0 Å². The Bertz CT molecular complexity index is 85.7. The van der Waals surface area contributed by atoms with Crippen LogP contribution in [-0.2, 0) is 4.74 Å². The second-order valence-corrected chi connectivity index (χ2v) is 2.67. The summed E-state index contributed by atoms with van der Waals surface area (Å²) < 4.78 is 17.9. The van der Waals surface area contributed by atoms with Gasteiger partial charge >= 0.3 is 0 Å². The molecule has 0 aliphatic carbocycles. The van der Waals surface area contributed by atoms with E-state index < -0.39 is 5.67 Å². The molecule has 0 aliphatic heterocycles. The lowest BCUT2D eigenvalue weighted by atomic mass is 10.1. The summed E-state index contributed by atoms with van der Waals surface area (Å²) in [6, 6.07) is 0. The summed E-state index contributed by atoms with van der Waals surface area (Å²) in [6.07, 6.45) is 0.917. The SMILES string of the molecule is CCCOCC(C)(F)CN. The summed E-state index contributed by atoms with van der Waals surface area (Å²) in [4.78, 5) is 0. The van der Waals surface area contributed by atoms with Crippen LogP contribution in [0.15, 0.2) is 0 Å². The molecule has 0 aromatic heterocycles. The average molecular weight is 149 g/mol. The fourth-order valence-corrected chi connectivity index (χ4v) is 0.488. The molecule has 0 radical (unpaired) electrons. The van der Waals surface area contributed by atoms with E-state index in [1.165, 1.54) is 6.92 Å². The van der Waals surface area contributed by atoms with Crippen LogP contribution in [0.2, 0.25) is 0 Å². The standard InChI is InChI=1S/C7H16FNO/c1-3-4-10-6-7(2,8)5-9/h3-6,9H2,1-2H3. The van der Waals surface area contributed by atoms with E-state index >= 15 is 0 Å². The lowest BCUT2D eigenvalue weighted by molar-refractivity contribution is 0.0314. The third kappa shape index (κ3) is 4.70. The minimum absolute atomic E-state index is 0.0245. The van der Waals surface area contributed by atoms with Gasteiger partial charge in [0.15, 0.2) is 0 Å². The molecule has 1 unspecified atom stereocenters. The van der Waals surface area contributed by atoms with Gasteiger partial charge in [-0.2, -0.15) is 0 Å². The molecule has 0 aromatic rings. The highest BCUT2D eigenvalue weighted by Crippen LogP contribution is 2.07. The van der Waals surface area contributed by atoms with Gasteiger partial charge in [0.1, 0.15) is 5.67 Å². The van der Waals surface area contributed by atoms with Crippen molar-refractivity contribution >= 4 is 0 Å². The van der Waals surface area contributed by atoms with E-state index in [9.17, 15) is 4.39 Å². The third-order valence-electron chi connectivity index (χ3n) is 1.18. The van der Waals surface area contributed by atoms with Gasteiger partial charge in [-0.05, 0) is 13.3 Å². The van der Waals surface area contributed by atoms with Crippen molar-refractivity contribution in [2.24, 2.45) is 5.73 Å². The van der Waals surface area contributed by atoms with E-state index in [-0.39, 0.29) is 13.2 Å². The molecule has 2 nitrogen and oxygen atoms in total. The molecular formula is C7H16FNO. The molecule has 0 spiro atoms. The maximum absolute atomic E-state index is 12.9. The first kappa shape index (κ1) is 9.85. The summed E-state index contributed by atoms with van der Waals surface area (Å²) in [5, 5.41) is 0. The number of alkyl halides is 1. The van der Waals surface area contributed by atoms with E-state index in [0.29, 0.717) is 6.61 Å². The van der Waals surface area contributed by atoms with Crippen molar-refractivity contribution in [3.63, 3.8) is 0 Å². The molecule has 0 bridgehead atoms. The van der Waals surface area contributed by atoms with Crippen molar-refractivity contribution in [2.75, 3.05) is 19.8 Å². The Morgan fingerprint density at radius 3 is 2.60 bits per heavy atom. The van der Waals surface area contributed by atoms with Gasteiger partial charge in [0.05, 0.1) is 6.61 Å². The zero-order chi connectivity index (χ0) is 8.04. The minimum atomic E-state index is -1.35. The van der Waals surface area contributed by atoms with E-state index in [0.717, 1.165) is 6.42 Å². The van der Waals surface area contributed by atoms with E-state index in [1.54, 1.807) is 0 Å². The number of rotatable bonds is 5. The topological polar surface area (TPSA) is 35.2 Å². The molecule has 0 rings (SSSR count). The van der Waals surface area contributed by atoms with Gasteiger partial charge in [-0.1, -0.05) is 6.92 Å². The largest absolute Gasteiger partial charge is 0.378 e. The maximum atomic E-state index is 12.9. The maximum Gasteiger partial charge on any atom is 0.143 e. The van der Waals surface area contributed by atoms with Gasteiger partial charge in [0, 0.05) is 13.2 Å². The zero-order valence-electron chi connectivity index (χ0n) is 6.69. The van der Waals surface area contributed by atoms with Gasteiger partial charge in [-0.3, -0.25) is 0 Å². The van der Waals surface area contributed by atoms with Crippen LogP contribution in [0.4, 0.5) is 4.39 Å². The highest BCUT2D eigenvalue weighted by Gasteiger charge is 2.20. The summed E-state index contributed by atoms with van der Waals surface area (Å²) in [5.74, 6) is 0. The van der Waals surface area contributed by atoms with Crippen LogP contribution in [0.3, 0.4) is 0 Å². The third-order valence-corrected chi connectivity index (χ3v) is 1.18. The summed E-state index contributed by atoms with van der Waals surface area (Å²) in [7, 11) is 0. The molecule has 0 saturated heterocycles. The van der Waals surface area contributed by atoms with Crippen molar-refractivity contribution in [3.8, 4) is 0 Å². The monoisotopic (exact) mass is 149 g/mol. The Kier molecular flexibility index (Phi) is 4.56. The highest BCUT2D eigenvalue weighted by molar-refractivity contribution is 4.72. The normalized spacial score (nSPS) is 16.8. The molecule has 0 saturated carbocycles. The summed E-state index contributed by atoms with van der Waals surface area (Å²) >= 11 is 0. The van der Waals surface area contributed by atoms with Crippen LogP contribution in [0, 0.1) is 0 Å². The molecule has 1 atom stereocenters.